The van der Waals surface area contributed by atoms with E-state index in [0.29, 0.717) is 38.3 Å². The van der Waals surface area contributed by atoms with Gasteiger partial charge in [0, 0.05) is 75.8 Å². The number of nitrogens with zero attached hydrogens (tertiary/aromatic N) is 4. The molecule has 13 heteroatoms. The van der Waals surface area contributed by atoms with E-state index in [1.54, 1.807) is 11.0 Å². The van der Waals surface area contributed by atoms with E-state index in [0.717, 1.165) is 44.4 Å². The molecule has 2 aliphatic heterocycles. The van der Waals surface area contributed by atoms with E-state index in [9.17, 15) is 31.1 Å². The van der Waals surface area contributed by atoms with Crippen molar-refractivity contribution >= 4 is 17.3 Å². The monoisotopic (exact) mass is 560 g/mol. The molecule has 2 aromatic rings. The first kappa shape index (κ1) is 30.5. The number of hydrogen-bond donors (Lipinski definition) is 2. The van der Waals surface area contributed by atoms with Crippen LogP contribution in [0.4, 0.5) is 37.7 Å². The predicted molar refractivity (Wildman–Crippen MR) is 138 cm³/mol. The number of alkyl halides is 6. The largest absolute Gasteiger partial charge is 0.416 e. The summed E-state index contributed by atoms with van der Waals surface area (Å²) in [5, 5.41) is 0. The molecule has 0 unspecified atom stereocenters. The minimum absolute atomic E-state index is 0.0121. The lowest BCUT2D eigenvalue weighted by atomic mass is 10.1. The van der Waals surface area contributed by atoms with Crippen LogP contribution in [0, 0.1) is 0 Å². The van der Waals surface area contributed by atoms with Gasteiger partial charge in [0.15, 0.2) is 0 Å². The average Bonchev–Trinajstić information content (AvgIpc) is 2.84. The van der Waals surface area contributed by atoms with Gasteiger partial charge < -0.3 is 26.2 Å². The topological polar surface area (TPSA) is 82.1 Å². The lowest BCUT2D eigenvalue weighted by Crippen LogP contribution is -2.47. The molecule has 4 rings (SSSR count). The molecule has 7 nitrogen and oxygen atoms in total. The number of carbonyl (C=O) groups excluding carboxylic acids is 1. The Labute approximate surface area is 223 Å². The first-order chi connectivity index (χ1) is 18.1. The van der Waals surface area contributed by atoms with Gasteiger partial charge in [-0.1, -0.05) is 0 Å². The van der Waals surface area contributed by atoms with Gasteiger partial charge in [-0.3, -0.25) is 9.69 Å². The molecule has 2 fully saturated rings. The summed E-state index contributed by atoms with van der Waals surface area (Å²) in [6, 6.07) is 6.77. The van der Waals surface area contributed by atoms with Gasteiger partial charge in [0.25, 0.3) is 5.91 Å². The highest BCUT2D eigenvalue weighted by Crippen LogP contribution is 2.32. The third kappa shape index (κ3) is 9.01. The van der Waals surface area contributed by atoms with Crippen LogP contribution < -0.4 is 11.5 Å². The third-order valence-electron chi connectivity index (χ3n) is 6.66. The van der Waals surface area contributed by atoms with Crippen LogP contribution in [-0.4, -0.2) is 92.0 Å². The van der Waals surface area contributed by atoms with Crippen molar-refractivity contribution in [2.24, 2.45) is 0 Å². The third-order valence-corrected chi connectivity index (χ3v) is 6.66. The molecule has 2 saturated heterocycles. The molecule has 0 bridgehead atoms. The van der Waals surface area contributed by atoms with Gasteiger partial charge in [0.05, 0.1) is 11.1 Å². The minimum atomic E-state index is -4.51. The van der Waals surface area contributed by atoms with Crippen molar-refractivity contribution < 1.29 is 31.1 Å². The van der Waals surface area contributed by atoms with Gasteiger partial charge in [-0.05, 0) is 56.1 Å². The molecule has 0 aromatic heterocycles. The fourth-order valence-corrected chi connectivity index (χ4v) is 4.37. The van der Waals surface area contributed by atoms with Crippen LogP contribution in [0.2, 0.25) is 0 Å². The average molecular weight is 561 g/mol. The van der Waals surface area contributed by atoms with Gasteiger partial charge >= 0.3 is 12.4 Å². The summed E-state index contributed by atoms with van der Waals surface area (Å²) in [6.45, 7) is 6.56. The highest BCUT2D eigenvalue weighted by molar-refractivity contribution is 5.95. The van der Waals surface area contributed by atoms with Crippen LogP contribution in [-0.2, 0) is 18.9 Å². The molecule has 0 aliphatic carbocycles. The number of likely N-dealkylation sites (N-methyl/N-ethyl adjacent to an activating group) is 2. The van der Waals surface area contributed by atoms with Crippen molar-refractivity contribution in [1.82, 2.24) is 19.6 Å². The van der Waals surface area contributed by atoms with Crippen molar-refractivity contribution in [2.75, 3.05) is 77.9 Å². The quantitative estimate of drug-likeness (QED) is 0.440. The summed E-state index contributed by atoms with van der Waals surface area (Å²) in [7, 11) is 3.98. The highest BCUT2D eigenvalue weighted by atomic mass is 19.4. The molecule has 216 valence electrons. The fraction of sp³-hybridized carbons (Fsp3) is 0.500. The van der Waals surface area contributed by atoms with E-state index in [4.69, 9.17) is 11.5 Å². The number of halogens is 6. The zero-order valence-corrected chi connectivity index (χ0v) is 21.9. The lowest BCUT2D eigenvalue weighted by molar-refractivity contribution is -0.138. The molecule has 2 heterocycles. The standard InChI is InChI=1S/C13H16F3N3O.C13H18F3N3/c1-18-2-4-19(5-3-18)12(20)9-6-10(13(14,15)16)8-11(17)7-9;1-18-2-4-19(5-3-18)9-10-6-11(13(14,15)16)8-12(17)7-10/h6-8H,2-5,17H2,1H3;6-8H,2-5,9,17H2,1H3. The van der Waals surface area contributed by atoms with Gasteiger partial charge in [0.1, 0.15) is 0 Å². The smallest absolute Gasteiger partial charge is 0.399 e. The van der Waals surface area contributed by atoms with Crippen LogP contribution in [0.15, 0.2) is 36.4 Å². The van der Waals surface area contributed by atoms with Gasteiger partial charge in [-0.25, -0.2) is 0 Å². The first-order valence-electron chi connectivity index (χ1n) is 12.4. The van der Waals surface area contributed by atoms with Crippen LogP contribution in [0.3, 0.4) is 0 Å². The zero-order valence-electron chi connectivity index (χ0n) is 21.9. The predicted octanol–water partition coefficient (Wildman–Crippen LogP) is 3.71. The maximum Gasteiger partial charge on any atom is 0.416 e. The Morgan fingerprint density at radius 2 is 1.15 bits per heavy atom. The Bertz CT molecular complexity index is 1120. The molecule has 0 atom stereocenters. The maximum absolute atomic E-state index is 12.7. The summed E-state index contributed by atoms with van der Waals surface area (Å²) in [5.74, 6) is -0.407. The summed E-state index contributed by atoms with van der Waals surface area (Å²) in [4.78, 5) is 20.2. The molecule has 2 aliphatic rings. The Kier molecular flexibility index (Phi) is 9.73. The van der Waals surface area contributed by atoms with Crippen molar-refractivity contribution in [2.45, 2.75) is 18.9 Å². The molecule has 0 saturated carbocycles. The zero-order chi connectivity index (χ0) is 29.0. The number of nitrogen functional groups attached to an aromatic ring is 2. The normalized spacial score (nSPS) is 18.0. The van der Waals surface area contributed by atoms with Crippen molar-refractivity contribution in [3.63, 3.8) is 0 Å². The van der Waals surface area contributed by atoms with E-state index < -0.39 is 29.4 Å². The van der Waals surface area contributed by atoms with E-state index in [-0.39, 0.29) is 16.9 Å². The highest BCUT2D eigenvalue weighted by Gasteiger charge is 2.33. The Hall–Kier alpha value is -3.03. The number of rotatable bonds is 3. The Morgan fingerprint density at radius 3 is 1.67 bits per heavy atom. The lowest BCUT2D eigenvalue weighted by Gasteiger charge is -2.32. The number of nitrogens with two attached hydrogens (primary N) is 2. The van der Waals surface area contributed by atoms with E-state index in [1.807, 2.05) is 14.1 Å². The summed E-state index contributed by atoms with van der Waals surface area (Å²) in [5.41, 5.74) is 10.2. The van der Waals surface area contributed by atoms with Crippen LogP contribution >= 0.6 is 0 Å². The van der Waals surface area contributed by atoms with Crippen LogP contribution in [0.1, 0.15) is 27.0 Å². The Morgan fingerprint density at radius 1 is 0.692 bits per heavy atom. The maximum atomic E-state index is 12.7. The van der Waals surface area contributed by atoms with Gasteiger partial charge in [-0.15, -0.1) is 0 Å². The molecular formula is C26H34F6N6O. The second kappa shape index (κ2) is 12.4. The number of carbonyl (C=O) groups is 1. The SMILES string of the molecule is CN1CCN(C(=O)c2cc(N)cc(C(F)(F)F)c2)CC1.CN1CCN(Cc2cc(N)cc(C(F)(F)F)c2)CC1. The molecule has 0 radical (unpaired) electrons. The second-order valence-electron chi connectivity index (χ2n) is 9.98. The number of amides is 1. The molecule has 39 heavy (non-hydrogen) atoms. The molecular weight excluding hydrogens is 526 g/mol. The summed E-state index contributed by atoms with van der Waals surface area (Å²) >= 11 is 0. The summed E-state index contributed by atoms with van der Waals surface area (Å²) < 4.78 is 76.3. The number of piperazine rings is 2. The van der Waals surface area contributed by atoms with E-state index in [2.05, 4.69) is 14.7 Å². The van der Waals surface area contributed by atoms with Gasteiger partial charge in [0.2, 0.25) is 0 Å². The first-order valence-corrected chi connectivity index (χ1v) is 12.4. The molecule has 0 spiro atoms. The van der Waals surface area contributed by atoms with Gasteiger partial charge in [-0.2, -0.15) is 26.3 Å². The van der Waals surface area contributed by atoms with E-state index >= 15 is 0 Å². The second-order valence-corrected chi connectivity index (χ2v) is 9.98. The number of anilines is 2. The summed E-state index contributed by atoms with van der Waals surface area (Å²) in [6.07, 6.45) is -8.85. The van der Waals surface area contributed by atoms with Crippen LogP contribution in [0.5, 0.6) is 0 Å². The van der Waals surface area contributed by atoms with Crippen LogP contribution in [0.25, 0.3) is 0 Å². The fourth-order valence-electron chi connectivity index (χ4n) is 4.37. The molecule has 1 amide bonds. The minimum Gasteiger partial charge on any atom is -0.399 e. The molecule has 4 N–H and O–H groups in total. The number of hydrogen-bond acceptors (Lipinski definition) is 6. The van der Waals surface area contributed by atoms with Crippen molar-refractivity contribution in [3.8, 4) is 0 Å². The van der Waals surface area contributed by atoms with Crippen molar-refractivity contribution in [3.05, 3.63) is 58.7 Å². The van der Waals surface area contributed by atoms with E-state index in [1.165, 1.54) is 12.1 Å². The van der Waals surface area contributed by atoms with Crippen molar-refractivity contribution in [1.29, 1.82) is 0 Å². The number of benzene rings is 2. The Balaban J connectivity index is 0.000000216. The molecule has 2 aromatic carbocycles.